The first-order valence-corrected chi connectivity index (χ1v) is 10.8. The van der Waals surface area contributed by atoms with Crippen molar-refractivity contribution in [1.29, 1.82) is 0 Å². The van der Waals surface area contributed by atoms with Crippen LogP contribution in [-0.2, 0) is 6.42 Å². The molecule has 1 aliphatic rings. The Hall–Kier alpha value is -3.61. The molecule has 0 unspecified atom stereocenters. The van der Waals surface area contributed by atoms with Crippen LogP contribution in [0.15, 0.2) is 59.1 Å². The summed E-state index contributed by atoms with van der Waals surface area (Å²) in [6, 6.07) is 14.4. The molecule has 7 heteroatoms. The number of hydrogen-bond donors (Lipinski definition) is 1. The highest BCUT2D eigenvalue weighted by molar-refractivity contribution is 5.98. The van der Waals surface area contributed by atoms with Crippen LogP contribution in [0.4, 0.5) is 4.39 Å². The summed E-state index contributed by atoms with van der Waals surface area (Å²) >= 11 is 0. The van der Waals surface area contributed by atoms with E-state index < -0.39 is 0 Å². The van der Waals surface area contributed by atoms with Crippen LogP contribution in [0.25, 0.3) is 10.9 Å². The molecule has 3 heterocycles. The van der Waals surface area contributed by atoms with Gasteiger partial charge in [0.2, 0.25) is 0 Å². The van der Waals surface area contributed by atoms with Gasteiger partial charge in [-0.15, -0.1) is 0 Å². The normalized spacial score (nSPS) is 16.4. The Morgan fingerprint density at radius 1 is 1.28 bits per heavy atom. The smallest absolute Gasteiger partial charge is 0.270 e. The first-order valence-electron chi connectivity index (χ1n) is 10.8. The molecule has 164 valence electrons. The molecule has 1 atom stereocenters. The van der Waals surface area contributed by atoms with Gasteiger partial charge in [0.15, 0.2) is 5.89 Å². The molecule has 0 radical (unpaired) electrons. The second-order valence-electron chi connectivity index (χ2n) is 8.13. The molecule has 6 nitrogen and oxygen atoms in total. The van der Waals surface area contributed by atoms with E-state index >= 15 is 0 Å². The zero-order valence-corrected chi connectivity index (χ0v) is 17.8. The number of H-pyrrole nitrogens is 1. The van der Waals surface area contributed by atoms with Crippen LogP contribution in [-0.4, -0.2) is 41.0 Å². The van der Waals surface area contributed by atoms with E-state index in [4.69, 9.17) is 9.15 Å². The number of fused-ring (bicyclic) bond motifs is 1. The summed E-state index contributed by atoms with van der Waals surface area (Å²) in [7, 11) is 1.65. The van der Waals surface area contributed by atoms with Gasteiger partial charge in [-0.25, -0.2) is 9.37 Å². The lowest BCUT2D eigenvalue weighted by Crippen LogP contribution is -2.39. The minimum Gasteiger partial charge on any atom is -0.496 e. The molecule has 5 rings (SSSR count). The summed E-state index contributed by atoms with van der Waals surface area (Å²) in [6.07, 6.45) is 4.10. The predicted octanol–water partition coefficient (Wildman–Crippen LogP) is 4.91. The number of carbonyl (C=O) groups is 1. The molecular weight excluding hydrogens is 409 g/mol. The SMILES string of the molecule is COc1ccccc1Cc1cnc([C@@H]2CCCN(C(=O)c3cc4cccc(F)c4[nH]3)C2)o1. The Balaban J connectivity index is 1.30. The van der Waals surface area contributed by atoms with Crippen LogP contribution in [0.5, 0.6) is 5.75 Å². The van der Waals surface area contributed by atoms with E-state index in [1.54, 1.807) is 36.4 Å². The monoisotopic (exact) mass is 433 g/mol. The molecule has 1 fully saturated rings. The number of rotatable bonds is 5. The number of carbonyl (C=O) groups excluding carboxylic acids is 1. The number of likely N-dealkylation sites (tertiary alicyclic amines) is 1. The summed E-state index contributed by atoms with van der Waals surface area (Å²) in [5.74, 6) is 1.76. The van der Waals surface area contributed by atoms with Gasteiger partial charge in [0.05, 0.1) is 24.7 Å². The molecule has 0 bridgehead atoms. The Morgan fingerprint density at radius 3 is 3.00 bits per heavy atom. The first kappa shape index (κ1) is 20.3. The molecular formula is C25H24FN3O3. The fourth-order valence-corrected chi connectivity index (χ4v) is 4.40. The number of benzene rings is 2. The highest BCUT2D eigenvalue weighted by atomic mass is 19.1. The van der Waals surface area contributed by atoms with Crippen LogP contribution < -0.4 is 4.74 Å². The number of para-hydroxylation sites is 2. The van der Waals surface area contributed by atoms with Crippen molar-refractivity contribution in [3.8, 4) is 5.75 Å². The number of oxazole rings is 1. The largest absolute Gasteiger partial charge is 0.496 e. The molecule has 0 saturated carbocycles. The van der Waals surface area contributed by atoms with Crippen molar-refractivity contribution in [3.05, 3.63) is 83.5 Å². The molecule has 0 aliphatic carbocycles. The number of nitrogens with zero attached hydrogens (tertiary/aromatic N) is 2. The van der Waals surface area contributed by atoms with Gasteiger partial charge < -0.3 is 19.0 Å². The fraction of sp³-hybridized carbons (Fsp3) is 0.280. The second-order valence-corrected chi connectivity index (χ2v) is 8.13. The molecule has 1 saturated heterocycles. The maximum Gasteiger partial charge on any atom is 0.270 e. The van der Waals surface area contributed by atoms with E-state index in [1.807, 2.05) is 24.3 Å². The van der Waals surface area contributed by atoms with Gasteiger partial charge in [0.25, 0.3) is 5.91 Å². The lowest BCUT2D eigenvalue weighted by Gasteiger charge is -2.31. The van der Waals surface area contributed by atoms with Crippen LogP contribution in [0, 0.1) is 5.82 Å². The highest BCUT2D eigenvalue weighted by Crippen LogP contribution is 2.29. The zero-order valence-electron chi connectivity index (χ0n) is 17.8. The molecule has 1 N–H and O–H groups in total. The van der Waals surface area contributed by atoms with Crippen molar-refractivity contribution in [3.63, 3.8) is 0 Å². The lowest BCUT2D eigenvalue weighted by atomic mass is 9.97. The summed E-state index contributed by atoms with van der Waals surface area (Å²) in [6.45, 7) is 1.17. The number of nitrogens with one attached hydrogen (secondary N) is 1. The van der Waals surface area contributed by atoms with E-state index in [0.29, 0.717) is 42.0 Å². The average Bonchev–Trinajstić information content (AvgIpc) is 3.47. The van der Waals surface area contributed by atoms with E-state index in [2.05, 4.69) is 9.97 Å². The van der Waals surface area contributed by atoms with Crippen LogP contribution in [0.2, 0.25) is 0 Å². The number of ether oxygens (including phenoxy) is 1. The quantitative estimate of drug-likeness (QED) is 0.485. The molecule has 1 amide bonds. The summed E-state index contributed by atoms with van der Waals surface area (Å²) in [5.41, 5.74) is 1.79. The topological polar surface area (TPSA) is 71.4 Å². The standard InChI is InChI=1S/C25H24FN3O3/c1-31-22-10-3-2-6-16(22)12-19-14-27-24(32-19)18-8-5-11-29(15-18)25(30)21-13-17-7-4-9-20(26)23(17)28-21/h2-4,6-7,9-10,13-14,18,28H,5,8,11-12,15H2,1H3/t18-/m1/s1. The number of aromatic nitrogens is 2. The number of halogens is 1. The Labute approximate surface area is 185 Å². The maximum absolute atomic E-state index is 14.0. The molecule has 0 spiro atoms. The van der Waals surface area contributed by atoms with Gasteiger partial charge >= 0.3 is 0 Å². The Kier molecular flexibility index (Phi) is 5.39. The van der Waals surface area contributed by atoms with E-state index in [0.717, 1.165) is 29.9 Å². The minimum atomic E-state index is -0.361. The average molecular weight is 433 g/mol. The molecule has 2 aromatic carbocycles. The van der Waals surface area contributed by atoms with E-state index in [-0.39, 0.29) is 17.6 Å². The van der Waals surface area contributed by atoms with Gasteiger partial charge in [-0.1, -0.05) is 30.3 Å². The van der Waals surface area contributed by atoms with Crippen LogP contribution in [0.3, 0.4) is 0 Å². The number of hydrogen-bond acceptors (Lipinski definition) is 4. The number of piperidine rings is 1. The summed E-state index contributed by atoms with van der Waals surface area (Å²) < 4.78 is 25.5. The Bertz CT molecular complexity index is 1260. The second kappa shape index (κ2) is 8.49. The highest BCUT2D eigenvalue weighted by Gasteiger charge is 2.29. The van der Waals surface area contributed by atoms with Crippen molar-refractivity contribution in [2.75, 3.05) is 20.2 Å². The molecule has 2 aromatic heterocycles. The third kappa shape index (κ3) is 3.86. The minimum absolute atomic E-state index is 0.0280. The van der Waals surface area contributed by atoms with Gasteiger partial charge in [-0.05, 0) is 31.0 Å². The van der Waals surface area contributed by atoms with Crippen molar-refractivity contribution in [1.82, 2.24) is 14.9 Å². The lowest BCUT2D eigenvalue weighted by molar-refractivity contribution is 0.0693. The van der Waals surface area contributed by atoms with Crippen LogP contribution in [0.1, 0.15) is 46.5 Å². The number of aromatic amines is 1. The fourth-order valence-electron chi connectivity index (χ4n) is 4.40. The molecule has 32 heavy (non-hydrogen) atoms. The molecule has 1 aliphatic heterocycles. The van der Waals surface area contributed by atoms with Crippen LogP contribution >= 0.6 is 0 Å². The number of methoxy groups -OCH3 is 1. The van der Waals surface area contributed by atoms with Crippen molar-refractivity contribution >= 4 is 16.8 Å². The Morgan fingerprint density at radius 2 is 2.16 bits per heavy atom. The van der Waals surface area contributed by atoms with Crippen molar-refractivity contribution in [2.45, 2.75) is 25.2 Å². The third-order valence-electron chi connectivity index (χ3n) is 6.02. The van der Waals surface area contributed by atoms with E-state index in [9.17, 15) is 9.18 Å². The zero-order chi connectivity index (χ0) is 22.1. The first-order chi connectivity index (χ1) is 15.6. The van der Waals surface area contributed by atoms with Gasteiger partial charge in [0, 0.05) is 30.5 Å². The predicted molar refractivity (Wildman–Crippen MR) is 118 cm³/mol. The number of amides is 1. The van der Waals surface area contributed by atoms with Crippen molar-refractivity contribution in [2.24, 2.45) is 0 Å². The summed E-state index contributed by atoms with van der Waals surface area (Å²) in [4.78, 5) is 22.3. The van der Waals surface area contributed by atoms with Gasteiger partial charge in [-0.3, -0.25) is 4.79 Å². The maximum atomic E-state index is 14.0. The third-order valence-corrected chi connectivity index (χ3v) is 6.02. The van der Waals surface area contributed by atoms with E-state index in [1.165, 1.54) is 6.07 Å². The summed E-state index contributed by atoms with van der Waals surface area (Å²) in [5, 5.41) is 0.690. The van der Waals surface area contributed by atoms with Gasteiger partial charge in [0.1, 0.15) is 23.0 Å². The molecule has 4 aromatic rings. The van der Waals surface area contributed by atoms with Gasteiger partial charge in [-0.2, -0.15) is 0 Å². The van der Waals surface area contributed by atoms with Crippen molar-refractivity contribution < 1.29 is 18.3 Å².